The standard InChI is InChI=1S/C16H11NO3/c18-15-10-3-1-2-4-11(10)16(19)13-12(15)6-5-9-7-20-8-17-14(9)13/h1-6,17H,7-8H2. The summed E-state index contributed by atoms with van der Waals surface area (Å²) in [6.45, 7) is 0.811. The number of carbonyl (C=O) groups excluding carboxylic acids is 2. The third-order valence-corrected chi connectivity index (χ3v) is 3.79. The lowest BCUT2D eigenvalue weighted by atomic mass is 9.82. The van der Waals surface area contributed by atoms with E-state index in [4.69, 9.17) is 4.74 Å². The topological polar surface area (TPSA) is 55.4 Å². The fraction of sp³-hybridized carbons (Fsp3) is 0.125. The van der Waals surface area contributed by atoms with Crippen LogP contribution in [-0.2, 0) is 11.3 Å². The average Bonchev–Trinajstić information content (AvgIpc) is 2.51. The van der Waals surface area contributed by atoms with Crippen LogP contribution >= 0.6 is 0 Å². The minimum atomic E-state index is -0.0959. The molecule has 20 heavy (non-hydrogen) atoms. The molecule has 4 rings (SSSR count). The summed E-state index contributed by atoms with van der Waals surface area (Å²) in [5.74, 6) is -0.187. The summed E-state index contributed by atoms with van der Waals surface area (Å²) < 4.78 is 5.31. The molecule has 98 valence electrons. The lowest BCUT2D eigenvalue weighted by molar-refractivity contribution is 0.0976. The minimum absolute atomic E-state index is 0.0914. The van der Waals surface area contributed by atoms with Gasteiger partial charge in [0.15, 0.2) is 11.6 Å². The average molecular weight is 265 g/mol. The highest BCUT2D eigenvalue weighted by molar-refractivity contribution is 6.30. The molecule has 1 aliphatic carbocycles. The second-order valence-corrected chi connectivity index (χ2v) is 4.90. The quantitative estimate of drug-likeness (QED) is 0.678. The zero-order chi connectivity index (χ0) is 13.7. The molecule has 0 unspecified atom stereocenters. The first-order chi connectivity index (χ1) is 9.77. The van der Waals surface area contributed by atoms with E-state index in [1.807, 2.05) is 6.07 Å². The SMILES string of the molecule is O=C1c2ccccc2C(=O)c2c1ccc1c2NCOC1. The molecular weight excluding hydrogens is 254 g/mol. The van der Waals surface area contributed by atoms with Crippen molar-refractivity contribution in [2.75, 3.05) is 12.0 Å². The smallest absolute Gasteiger partial charge is 0.196 e. The van der Waals surface area contributed by atoms with Crippen molar-refractivity contribution in [3.8, 4) is 0 Å². The van der Waals surface area contributed by atoms with Crippen LogP contribution in [0.25, 0.3) is 0 Å². The maximum absolute atomic E-state index is 12.7. The van der Waals surface area contributed by atoms with Gasteiger partial charge in [0, 0.05) is 22.3 Å². The van der Waals surface area contributed by atoms with E-state index in [-0.39, 0.29) is 11.6 Å². The highest BCUT2D eigenvalue weighted by atomic mass is 16.5. The van der Waals surface area contributed by atoms with Gasteiger partial charge in [-0.3, -0.25) is 9.59 Å². The monoisotopic (exact) mass is 265 g/mol. The molecule has 2 aromatic rings. The molecule has 0 aromatic heterocycles. The van der Waals surface area contributed by atoms with E-state index in [0.29, 0.717) is 35.6 Å². The number of nitrogens with one attached hydrogen (secondary N) is 1. The van der Waals surface area contributed by atoms with Crippen molar-refractivity contribution in [1.29, 1.82) is 0 Å². The summed E-state index contributed by atoms with van der Waals surface area (Å²) in [5.41, 5.74) is 3.57. The highest BCUT2D eigenvalue weighted by Gasteiger charge is 2.33. The Labute approximate surface area is 115 Å². The van der Waals surface area contributed by atoms with Crippen LogP contribution in [0.15, 0.2) is 36.4 Å². The zero-order valence-corrected chi connectivity index (χ0v) is 10.6. The lowest BCUT2D eigenvalue weighted by Gasteiger charge is -2.25. The molecule has 4 heteroatoms. The predicted molar refractivity (Wildman–Crippen MR) is 73.0 cm³/mol. The molecule has 2 aromatic carbocycles. The number of ketones is 2. The van der Waals surface area contributed by atoms with Gasteiger partial charge in [-0.2, -0.15) is 0 Å². The molecule has 0 fully saturated rings. The van der Waals surface area contributed by atoms with Crippen LogP contribution in [-0.4, -0.2) is 18.3 Å². The van der Waals surface area contributed by atoms with Gasteiger partial charge in [-0.05, 0) is 6.07 Å². The number of anilines is 1. The first-order valence-corrected chi connectivity index (χ1v) is 6.43. The molecule has 1 heterocycles. The number of hydrogen-bond donors (Lipinski definition) is 1. The van der Waals surface area contributed by atoms with Crippen LogP contribution < -0.4 is 5.32 Å². The van der Waals surface area contributed by atoms with E-state index in [1.165, 1.54) is 0 Å². The number of benzene rings is 2. The Hall–Kier alpha value is -2.46. The Morgan fingerprint density at radius 1 is 0.900 bits per heavy atom. The third kappa shape index (κ3) is 1.39. The van der Waals surface area contributed by atoms with Crippen molar-refractivity contribution in [3.63, 3.8) is 0 Å². The molecule has 4 nitrogen and oxygen atoms in total. The van der Waals surface area contributed by atoms with E-state index in [9.17, 15) is 9.59 Å². The summed E-state index contributed by atoms with van der Waals surface area (Å²) in [7, 11) is 0. The number of carbonyl (C=O) groups is 2. The normalized spacial score (nSPS) is 16.0. The minimum Gasteiger partial charge on any atom is -0.362 e. The Morgan fingerprint density at radius 2 is 1.65 bits per heavy atom. The van der Waals surface area contributed by atoms with E-state index < -0.39 is 0 Å². The van der Waals surface area contributed by atoms with Gasteiger partial charge in [0.1, 0.15) is 6.73 Å². The largest absolute Gasteiger partial charge is 0.362 e. The van der Waals surface area contributed by atoms with Gasteiger partial charge in [-0.1, -0.05) is 30.3 Å². The maximum Gasteiger partial charge on any atom is 0.196 e. The Morgan fingerprint density at radius 3 is 2.45 bits per heavy atom. The molecule has 0 amide bonds. The number of rotatable bonds is 0. The second-order valence-electron chi connectivity index (χ2n) is 4.90. The molecule has 0 saturated heterocycles. The molecule has 0 radical (unpaired) electrons. The van der Waals surface area contributed by atoms with Crippen molar-refractivity contribution >= 4 is 17.3 Å². The molecule has 2 aliphatic rings. The summed E-state index contributed by atoms with van der Waals surface area (Å²) in [5, 5.41) is 3.08. The van der Waals surface area contributed by atoms with Gasteiger partial charge in [0.05, 0.1) is 17.9 Å². The zero-order valence-electron chi connectivity index (χ0n) is 10.6. The first-order valence-electron chi connectivity index (χ1n) is 6.43. The van der Waals surface area contributed by atoms with Crippen LogP contribution in [0.3, 0.4) is 0 Å². The number of hydrogen-bond acceptors (Lipinski definition) is 4. The Bertz CT molecular complexity index is 764. The van der Waals surface area contributed by atoms with E-state index in [2.05, 4.69) is 5.32 Å². The predicted octanol–water partition coefficient (Wildman–Crippen LogP) is 2.36. The summed E-state index contributed by atoms with van der Waals surface area (Å²) in [4.78, 5) is 25.2. The second kappa shape index (κ2) is 4.02. The molecule has 1 N–H and O–H groups in total. The van der Waals surface area contributed by atoms with Gasteiger partial charge >= 0.3 is 0 Å². The lowest BCUT2D eigenvalue weighted by Crippen LogP contribution is -2.25. The molecule has 0 atom stereocenters. The van der Waals surface area contributed by atoms with Crippen molar-refractivity contribution in [2.45, 2.75) is 6.61 Å². The Balaban J connectivity index is 2.02. The molecular formula is C16H11NO3. The third-order valence-electron chi connectivity index (χ3n) is 3.79. The van der Waals surface area contributed by atoms with Gasteiger partial charge in [-0.15, -0.1) is 0 Å². The molecule has 0 saturated carbocycles. The van der Waals surface area contributed by atoms with Crippen LogP contribution in [0, 0.1) is 0 Å². The summed E-state index contributed by atoms with van der Waals surface area (Å²) >= 11 is 0. The fourth-order valence-corrected chi connectivity index (χ4v) is 2.84. The van der Waals surface area contributed by atoms with E-state index in [0.717, 1.165) is 11.3 Å². The van der Waals surface area contributed by atoms with Crippen LogP contribution in [0.5, 0.6) is 0 Å². The van der Waals surface area contributed by atoms with Crippen molar-refractivity contribution in [3.05, 3.63) is 64.2 Å². The van der Waals surface area contributed by atoms with E-state index in [1.54, 1.807) is 30.3 Å². The van der Waals surface area contributed by atoms with Gasteiger partial charge in [0.2, 0.25) is 0 Å². The van der Waals surface area contributed by atoms with E-state index >= 15 is 0 Å². The maximum atomic E-state index is 12.7. The van der Waals surface area contributed by atoms with Crippen LogP contribution in [0.1, 0.15) is 37.4 Å². The summed E-state index contributed by atoms with van der Waals surface area (Å²) in [6.07, 6.45) is 0. The van der Waals surface area contributed by atoms with Crippen molar-refractivity contribution < 1.29 is 14.3 Å². The van der Waals surface area contributed by atoms with Gasteiger partial charge < -0.3 is 10.1 Å². The summed E-state index contributed by atoms with van der Waals surface area (Å²) in [6, 6.07) is 10.5. The molecule has 0 spiro atoms. The highest BCUT2D eigenvalue weighted by Crippen LogP contribution is 2.35. The Kier molecular flexibility index (Phi) is 2.28. The van der Waals surface area contributed by atoms with Crippen LogP contribution in [0.2, 0.25) is 0 Å². The molecule has 0 bridgehead atoms. The first kappa shape index (κ1) is 11.4. The number of fused-ring (bicyclic) bond motifs is 4. The molecule has 1 aliphatic heterocycles. The fourth-order valence-electron chi connectivity index (χ4n) is 2.84. The van der Waals surface area contributed by atoms with Gasteiger partial charge in [0.25, 0.3) is 0 Å². The van der Waals surface area contributed by atoms with Crippen molar-refractivity contribution in [1.82, 2.24) is 0 Å². The van der Waals surface area contributed by atoms with Crippen LogP contribution in [0.4, 0.5) is 5.69 Å². The van der Waals surface area contributed by atoms with Crippen molar-refractivity contribution in [2.24, 2.45) is 0 Å². The number of ether oxygens (including phenoxy) is 1. The van der Waals surface area contributed by atoms with Gasteiger partial charge in [-0.25, -0.2) is 0 Å².